The Morgan fingerprint density at radius 1 is 1.48 bits per heavy atom. The van der Waals surface area contributed by atoms with Crippen molar-refractivity contribution in [3.8, 4) is 0 Å². The van der Waals surface area contributed by atoms with E-state index in [4.69, 9.17) is 0 Å². The zero-order chi connectivity index (χ0) is 15.2. The highest BCUT2D eigenvalue weighted by atomic mass is 16.6. The summed E-state index contributed by atoms with van der Waals surface area (Å²) in [6.07, 6.45) is 4.94. The zero-order valence-electron chi connectivity index (χ0n) is 12.0. The van der Waals surface area contributed by atoms with Crippen LogP contribution >= 0.6 is 0 Å². The standard InChI is InChI=1S/C15H19N3O3/c1-17(13-6-4-10-16-11-13)15(19)9-8-12-5-2-3-7-14(12)18(20)21/h2-3,5,7-9,13,16H,4,6,10-11H2,1H3. The number of nitro benzene ring substituents is 1. The lowest BCUT2D eigenvalue weighted by Crippen LogP contribution is -2.46. The summed E-state index contributed by atoms with van der Waals surface area (Å²) < 4.78 is 0. The highest BCUT2D eigenvalue weighted by Crippen LogP contribution is 2.19. The molecule has 0 bridgehead atoms. The lowest BCUT2D eigenvalue weighted by molar-refractivity contribution is -0.385. The third-order valence-corrected chi connectivity index (χ3v) is 3.71. The number of nitrogens with zero attached hydrogens (tertiary/aromatic N) is 2. The molecule has 0 spiro atoms. The molecule has 112 valence electrons. The third-order valence-electron chi connectivity index (χ3n) is 3.71. The Morgan fingerprint density at radius 3 is 2.90 bits per heavy atom. The van der Waals surface area contributed by atoms with Crippen molar-refractivity contribution in [1.82, 2.24) is 10.2 Å². The molecule has 1 aromatic rings. The monoisotopic (exact) mass is 289 g/mol. The van der Waals surface area contributed by atoms with Crippen molar-refractivity contribution in [3.63, 3.8) is 0 Å². The summed E-state index contributed by atoms with van der Waals surface area (Å²) in [5, 5.41) is 14.2. The molecule has 6 heteroatoms. The van der Waals surface area contributed by atoms with Gasteiger partial charge in [-0.3, -0.25) is 14.9 Å². The molecule has 0 saturated carbocycles. The van der Waals surface area contributed by atoms with Crippen LogP contribution in [0.5, 0.6) is 0 Å². The Labute approximate surface area is 123 Å². The smallest absolute Gasteiger partial charge is 0.276 e. The third kappa shape index (κ3) is 3.88. The molecule has 6 nitrogen and oxygen atoms in total. The van der Waals surface area contributed by atoms with Gasteiger partial charge in [-0.2, -0.15) is 0 Å². The molecule has 1 aromatic carbocycles. The number of likely N-dealkylation sites (N-methyl/N-ethyl adjacent to an activating group) is 1. The van der Waals surface area contributed by atoms with Gasteiger partial charge in [-0.15, -0.1) is 0 Å². The number of carbonyl (C=O) groups excluding carboxylic acids is 1. The fourth-order valence-corrected chi connectivity index (χ4v) is 2.42. The van der Waals surface area contributed by atoms with Gasteiger partial charge < -0.3 is 10.2 Å². The van der Waals surface area contributed by atoms with Crippen LogP contribution in [0.1, 0.15) is 18.4 Å². The Balaban J connectivity index is 2.06. The minimum atomic E-state index is -0.446. The number of piperidine rings is 1. The molecular weight excluding hydrogens is 270 g/mol. The Hall–Kier alpha value is -2.21. The molecule has 1 aliphatic rings. The van der Waals surface area contributed by atoms with E-state index in [1.165, 1.54) is 18.2 Å². The van der Waals surface area contributed by atoms with E-state index < -0.39 is 4.92 Å². The minimum absolute atomic E-state index is 0.00327. The van der Waals surface area contributed by atoms with Gasteiger partial charge in [0.1, 0.15) is 0 Å². The van der Waals surface area contributed by atoms with Crippen molar-refractivity contribution in [2.24, 2.45) is 0 Å². The molecule has 1 atom stereocenters. The minimum Gasteiger partial charge on any atom is -0.338 e. The number of rotatable bonds is 4. The topological polar surface area (TPSA) is 75.5 Å². The average molecular weight is 289 g/mol. The number of nitro groups is 1. The summed E-state index contributed by atoms with van der Waals surface area (Å²) in [5.74, 6) is -0.137. The molecule has 1 aliphatic heterocycles. The highest BCUT2D eigenvalue weighted by Gasteiger charge is 2.20. The van der Waals surface area contributed by atoms with Gasteiger partial charge in [-0.1, -0.05) is 12.1 Å². The lowest BCUT2D eigenvalue weighted by Gasteiger charge is -2.31. The second-order valence-electron chi connectivity index (χ2n) is 5.10. The Kier molecular flexibility index (Phi) is 5.05. The van der Waals surface area contributed by atoms with E-state index in [1.807, 2.05) is 0 Å². The quantitative estimate of drug-likeness (QED) is 0.521. The molecule has 0 aromatic heterocycles. The van der Waals surface area contributed by atoms with E-state index in [1.54, 1.807) is 30.1 Å². The summed E-state index contributed by atoms with van der Waals surface area (Å²) in [6.45, 7) is 1.78. The number of carbonyl (C=O) groups is 1. The predicted molar refractivity (Wildman–Crippen MR) is 80.8 cm³/mol. The summed E-state index contributed by atoms with van der Waals surface area (Å²) in [6, 6.07) is 6.56. The van der Waals surface area contributed by atoms with E-state index in [0.717, 1.165) is 25.9 Å². The van der Waals surface area contributed by atoms with E-state index >= 15 is 0 Å². The predicted octanol–water partition coefficient (Wildman–Crippen LogP) is 1.82. The molecule has 1 heterocycles. The summed E-state index contributed by atoms with van der Waals surface area (Å²) in [5.41, 5.74) is 0.439. The first-order valence-electron chi connectivity index (χ1n) is 6.98. The van der Waals surface area contributed by atoms with Gasteiger partial charge in [0.15, 0.2) is 0 Å². The first-order valence-corrected chi connectivity index (χ1v) is 6.98. The van der Waals surface area contributed by atoms with Crippen molar-refractivity contribution < 1.29 is 9.72 Å². The van der Waals surface area contributed by atoms with Crippen LogP contribution in [0, 0.1) is 10.1 Å². The van der Waals surface area contributed by atoms with Crippen LogP contribution < -0.4 is 5.32 Å². The highest BCUT2D eigenvalue weighted by molar-refractivity contribution is 5.92. The number of hydrogen-bond acceptors (Lipinski definition) is 4. The fourth-order valence-electron chi connectivity index (χ4n) is 2.42. The fraction of sp³-hybridized carbons (Fsp3) is 0.400. The van der Waals surface area contributed by atoms with E-state index in [-0.39, 0.29) is 17.6 Å². The molecular formula is C15H19N3O3. The molecule has 1 fully saturated rings. The van der Waals surface area contributed by atoms with Crippen LogP contribution in [0.2, 0.25) is 0 Å². The first kappa shape index (κ1) is 15.2. The van der Waals surface area contributed by atoms with Gasteiger partial charge >= 0.3 is 0 Å². The van der Waals surface area contributed by atoms with E-state index in [9.17, 15) is 14.9 Å². The lowest BCUT2D eigenvalue weighted by atomic mass is 10.1. The first-order chi connectivity index (χ1) is 10.1. The molecule has 1 saturated heterocycles. The average Bonchev–Trinajstić information content (AvgIpc) is 2.52. The van der Waals surface area contributed by atoms with Crippen molar-refractivity contribution in [2.75, 3.05) is 20.1 Å². The Bertz CT molecular complexity index is 551. The van der Waals surface area contributed by atoms with Gasteiger partial charge in [-0.05, 0) is 31.5 Å². The van der Waals surface area contributed by atoms with Gasteiger partial charge in [0.05, 0.1) is 10.5 Å². The SMILES string of the molecule is CN(C(=O)C=Cc1ccccc1[N+](=O)[O-])C1CCCNC1. The van der Waals surface area contributed by atoms with Crippen LogP contribution in [0.15, 0.2) is 30.3 Å². The maximum atomic E-state index is 12.1. The van der Waals surface area contributed by atoms with Crippen LogP contribution in [-0.4, -0.2) is 41.9 Å². The summed E-state index contributed by atoms with van der Waals surface area (Å²) in [7, 11) is 1.77. The van der Waals surface area contributed by atoms with Gasteiger partial charge in [-0.25, -0.2) is 0 Å². The number of amides is 1. The molecule has 1 N–H and O–H groups in total. The van der Waals surface area contributed by atoms with Crippen molar-refractivity contribution in [1.29, 1.82) is 0 Å². The molecule has 1 amide bonds. The van der Waals surface area contributed by atoms with Gasteiger partial charge in [0.2, 0.25) is 5.91 Å². The van der Waals surface area contributed by atoms with Crippen molar-refractivity contribution in [3.05, 3.63) is 46.0 Å². The maximum absolute atomic E-state index is 12.1. The maximum Gasteiger partial charge on any atom is 0.276 e. The normalized spacial score (nSPS) is 18.6. The van der Waals surface area contributed by atoms with Crippen LogP contribution in [-0.2, 0) is 4.79 Å². The van der Waals surface area contributed by atoms with Crippen molar-refractivity contribution in [2.45, 2.75) is 18.9 Å². The van der Waals surface area contributed by atoms with Crippen molar-refractivity contribution >= 4 is 17.7 Å². The molecule has 1 unspecified atom stereocenters. The van der Waals surface area contributed by atoms with Gasteiger partial charge in [0.25, 0.3) is 5.69 Å². The molecule has 0 radical (unpaired) electrons. The molecule has 0 aliphatic carbocycles. The van der Waals surface area contributed by atoms with Crippen LogP contribution in [0.25, 0.3) is 6.08 Å². The second kappa shape index (κ2) is 6.99. The molecule has 21 heavy (non-hydrogen) atoms. The zero-order valence-corrected chi connectivity index (χ0v) is 12.0. The summed E-state index contributed by atoms with van der Waals surface area (Å²) >= 11 is 0. The number of benzene rings is 1. The number of nitrogens with one attached hydrogen (secondary N) is 1. The number of hydrogen-bond donors (Lipinski definition) is 1. The molecule has 2 rings (SSSR count). The number of para-hydroxylation sites is 1. The van der Waals surface area contributed by atoms with E-state index in [2.05, 4.69) is 5.32 Å². The van der Waals surface area contributed by atoms with Crippen LogP contribution in [0.4, 0.5) is 5.69 Å². The van der Waals surface area contributed by atoms with Gasteiger partial charge in [0, 0.05) is 31.8 Å². The largest absolute Gasteiger partial charge is 0.338 e. The van der Waals surface area contributed by atoms with Crippen LogP contribution in [0.3, 0.4) is 0 Å². The summed E-state index contributed by atoms with van der Waals surface area (Å²) in [4.78, 5) is 24.3. The van der Waals surface area contributed by atoms with E-state index in [0.29, 0.717) is 5.56 Å². The second-order valence-corrected chi connectivity index (χ2v) is 5.10. The Morgan fingerprint density at radius 2 is 2.24 bits per heavy atom.